The molecule has 0 saturated carbocycles. The first kappa shape index (κ1) is 13.2. The van der Waals surface area contributed by atoms with Crippen LogP contribution < -0.4 is 4.90 Å². The Labute approximate surface area is 116 Å². The van der Waals surface area contributed by atoms with E-state index in [2.05, 4.69) is 9.97 Å². The summed E-state index contributed by atoms with van der Waals surface area (Å²) in [5.41, 5.74) is 0. The normalized spacial score (nSPS) is 23.1. The standard InChI is InChI=1S/C13H17FN4O2/c14-11-7-15-13(16-8-11)18-2-1-10(9-18)12(19)17-3-5-20-6-4-17/h7-8,10H,1-6,9H2. The predicted molar refractivity (Wildman–Crippen MR) is 69.7 cm³/mol. The van der Waals surface area contributed by atoms with Gasteiger partial charge >= 0.3 is 0 Å². The van der Waals surface area contributed by atoms with Crippen molar-refractivity contribution in [1.29, 1.82) is 0 Å². The average Bonchev–Trinajstić information content (AvgIpc) is 2.98. The summed E-state index contributed by atoms with van der Waals surface area (Å²) in [7, 11) is 0. The number of anilines is 1. The third kappa shape index (κ3) is 2.72. The lowest BCUT2D eigenvalue weighted by Crippen LogP contribution is -2.44. The number of halogens is 1. The Kier molecular flexibility index (Phi) is 3.77. The molecule has 1 amide bonds. The van der Waals surface area contributed by atoms with Gasteiger partial charge in [0.15, 0.2) is 5.82 Å². The van der Waals surface area contributed by atoms with Gasteiger partial charge in [-0.1, -0.05) is 0 Å². The summed E-state index contributed by atoms with van der Waals surface area (Å²) in [6.07, 6.45) is 3.09. The number of hydrogen-bond acceptors (Lipinski definition) is 5. The number of morpholine rings is 1. The zero-order valence-corrected chi connectivity index (χ0v) is 11.2. The summed E-state index contributed by atoms with van der Waals surface area (Å²) in [4.78, 5) is 24.1. The molecule has 6 nitrogen and oxygen atoms in total. The molecule has 1 aromatic heterocycles. The molecule has 2 saturated heterocycles. The van der Waals surface area contributed by atoms with Crippen molar-refractivity contribution in [2.24, 2.45) is 5.92 Å². The van der Waals surface area contributed by atoms with Crippen molar-refractivity contribution >= 4 is 11.9 Å². The highest BCUT2D eigenvalue weighted by molar-refractivity contribution is 5.80. The van der Waals surface area contributed by atoms with E-state index < -0.39 is 5.82 Å². The molecule has 2 fully saturated rings. The summed E-state index contributed by atoms with van der Waals surface area (Å²) < 4.78 is 18.1. The molecule has 0 spiro atoms. The van der Waals surface area contributed by atoms with Gasteiger partial charge in [0.2, 0.25) is 11.9 Å². The zero-order chi connectivity index (χ0) is 13.9. The van der Waals surface area contributed by atoms with Gasteiger partial charge in [-0.25, -0.2) is 14.4 Å². The van der Waals surface area contributed by atoms with Crippen LogP contribution in [0.2, 0.25) is 0 Å². The molecule has 0 bridgehead atoms. The van der Waals surface area contributed by atoms with Crippen LogP contribution in [0.25, 0.3) is 0 Å². The second kappa shape index (κ2) is 5.70. The van der Waals surface area contributed by atoms with Crippen LogP contribution in [0.4, 0.5) is 10.3 Å². The van der Waals surface area contributed by atoms with E-state index in [0.29, 0.717) is 38.8 Å². The monoisotopic (exact) mass is 280 g/mol. The number of carbonyl (C=O) groups excluding carboxylic acids is 1. The first-order chi connectivity index (χ1) is 9.74. The average molecular weight is 280 g/mol. The molecule has 0 N–H and O–H groups in total. The Morgan fingerprint density at radius 1 is 1.25 bits per heavy atom. The summed E-state index contributed by atoms with van der Waals surface area (Å²) in [5, 5.41) is 0. The Bertz CT molecular complexity index is 476. The Hall–Kier alpha value is -1.76. The maximum atomic E-state index is 12.8. The van der Waals surface area contributed by atoms with Gasteiger partial charge in [0.05, 0.1) is 31.5 Å². The van der Waals surface area contributed by atoms with E-state index in [-0.39, 0.29) is 11.8 Å². The highest BCUT2D eigenvalue weighted by Gasteiger charge is 2.33. The summed E-state index contributed by atoms with van der Waals surface area (Å²) in [6.45, 7) is 3.89. The third-order valence-corrected chi connectivity index (χ3v) is 3.75. The van der Waals surface area contributed by atoms with Crippen molar-refractivity contribution in [1.82, 2.24) is 14.9 Å². The minimum atomic E-state index is -0.450. The van der Waals surface area contributed by atoms with E-state index in [4.69, 9.17) is 4.74 Å². The van der Waals surface area contributed by atoms with E-state index >= 15 is 0 Å². The molecule has 0 aromatic carbocycles. The molecule has 2 aliphatic rings. The quantitative estimate of drug-likeness (QED) is 0.780. The molecule has 3 heterocycles. The molecule has 20 heavy (non-hydrogen) atoms. The lowest BCUT2D eigenvalue weighted by molar-refractivity contribution is -0.138. The van der Waals surface area contributed by atoms with Crippen molar-refractivity contribution in [3.8, 4) is 0 Å². The first-order valence-electron chi connectivity index (χ1n) is 6.83. The molecule has 0 aliphatic carbocycles. The second-order valence-corrected chi connectivity index (χ2v) is 5.07. The lowest BCUT2D eigenvalue weighted by Gasteiger charge is -2.29. The molecular weight excluding hydrogens is 263 g/mol. The Balaban J connectivity index is 1.61. The van der Waals surface area contributed by atoms with Gasteiger partial charge in [-0.15, -0.1) is 0 Å². The molecule has 2 aliphatic heterocycles. The molecule has 1 unspecified atom stereocenters. The van der Waals surface area contributed by atoms with Crippen LogP contribution >= 0.6 is 0 Å². The van der Waals surface area contributed by atoms with E-state index in [1.54, 1.807) is 0 Å². The van der Waals surface area contributed by atoms with Gasteiger partial charge in [-0.2, -0.15) is 0 Å². The molecular formula is C13H17FN4O2. The van der Waals surface area contributed by atoms with Crippen molar-refractivity contribution in [2.45, 2.75) is 6.42 Å². The number of nitrogens with zero attached hydrogens (tertiary/aromatic N) is 4. The van der Waals surface area contributed by atoms with E-state index in [1.165, 1.54) is 0 Å². The molecule has 108 valence electrons. The lowest BCUT2D eigenvalue weighted by atomic mass is 10.1. The fourth-order valence-corrected chi connectivity index (χ4v) is 2.65. The molecule has 0 radical (unpaired) electrons. The zero-order valence-electron chi connectivity index (χ0n) is 11.2. The van der Waals surface area contributed by atoms with E-state index in [9.17, 15) is 9.18 Å². The summed E-state index contributed by atoms with van der Waals surface area (Å²) >= 11 is 0. The van der Waals surface area contributed by atoms with Crippen LogP contribution in [0.3, 0.4) is 0 Å². The van der Waals surface area contributed by atoms with Crippen molar-refractivity contribution in [3.05, 3.63) is 18.2 Å². The molecule has 3 rings (SSSR count). The summed E-state index contributed by atoms with van der Waals surface area (Å²) in [6, 6.07) is 0. The molecule has 1 atom stereocenters. The van der Waals surface area contributed by atoms with Gasteiger partial charge < -0.3 is 14.5 Å². The van der Waals surface area contributed by atoms with Gasteiger partial charge in [0.25, 0.3) is 0 Å². The predicted octanol–water partition coefficient (Wildman–Crippen LogP) is 0.301. The van der Waals surface area contributed by atoms with Gasteiger partial charge in [-0.3, -0.25) is 4.79 Å². The van der Waals surface area contributed by atoms with E-state index in [0.717, 1.165) is 25.4 Å². The second-order valence-electron chi connectivity index (χ2n) is 5.07. The topological polar surface area (TPSA) is 58.6 Å². The highest BCUT2D eigenvalue weighted by Crippen LogP contribution is 2.22. The maximum absolute atomic E-state index is 12.8. The van der Waals surface area contributed by atoms with Gasteiger partial charge in [-0.05, 0) is 6.42 Å². The number of ether oxygens (including phenoxy) is 1. The number of carbonyl (C=O) groups is 1. The van der Waals surface area contributed by atoms with Crippen LogP contribution in [0, 0.1) is 11.7 Å². The van der Waals surface area contributed by atoms with Crippen molar-refractivity contribution < 1.29 is 13.9 Å². The Morgan fingerprint density at radius 2 is 1.95 bits per heavy atom. The van der Waals surface area contributed by atoms with E-state index in [1.807, 2.05) is 9.80 Å². The molecule has 1 aromatic rings. The highest BCUT2D eigenvalue weighted by atomic mass is 19.1. The van der Waals surface area contributed by atoms with Crippen LogP contribution in [-0.4, -0.2) is 60.2 Å². The molecule has 7 heteroatoms. The number of rotatable bonds is 2. The maximum Gasteiger partial charge on any atom is 0.227 e. The van der Waals surface area contributed by atoms with Gasteiger partial charge in [0.1, 0.15) is 0 Å². The first-order valence-corrected chi connectivity index (χ1v) is 6.83. The number of hydrogen-bond donors (Lipinski definition) is 0. The number of amides is 1. The fourth-order valence-electron chi connectivity index (χ4n) is 2.65. The fraction of sp³-hybridized carbons (Fsp3) is 0.615. The summed E-state index contributed by atoms with van der Waals surface area (Å²) in [5.74, 6) is 0.192. The SMILES string of the molecule is O=C(C1CCN(c2ncc(F)cn2)C1)N1CCOCC1. The van der Waals surface area contributed by atoms with Crippen molar-refractivity contribution in [3.63, 3.8) is 0 Å². The largest absolute Gasteiger partial charge is 0.378 e. The van der Waals surface area contributed by atoms with Crippen LogP contribution in [-0.2, 0) is 9.53 Å². The van der Waals surface area contributed by atoms with Crippen LogP contribution in [0.15, 0.2) is 12.4 Å². The van der Waals surface area contributed by atoms with Crippen LogP contribution in [0.5, 0.6) is 0 Å². The minimum absolute atomic E-state index is 0.0262. The smallest absolute Gasteiger partial charge is 0.227 e. The number of aromatic nitrogens is 2. The van der Waals surface area contributed by atoms with Crippen molar-refractivity contribution in [2.75, 3.05) is 44.3 Å². The van der Waals surface area contributed by atoms with Crippen LogP contribution in [0.1, 0.15) is 6.42 Å². The third-order valence-electron chi connectivity index (χ3n) is 3.75. The Morgan fingerprint density at radius 3 is 2.65 bits per heavy atom. The van der Waals surface area contributed by atoms with Gasteiger partial charge in [0, 0.05) is 26.2 Å². The minimum Gasteiger partial charge on any atom is -0.378 e.